The van der Waals surface area contributed by atoms with Crippen molar-refractivity contribution >= 4 is 0 Å². The molecular weight excluding hydrogens is 210 g/mol. The summed E-state index contributed by atoms with van der Waals surface area (Å²) < 4.78 is 0. The van der Waals surface area contributed by atoms with Gasteiger partial charge < -0.3 is 10.4 Å². The maximum atomic E-state index is 10.1. The lowest BCUT2D eigenvalue weighted by Crippen LogP contribution is -2.55. The monoisotopic (exact) mass is 235 g/mol. The van der Waals surface area contributed by atoms with Gasteiger partial charge in [0, 0.05) is 12.1 Å². The third kappa shape index (κ3) is 3.55. The van der Waals surface area contributed by atoms with Crippen molar-refractivity contribution in [2.24, 2.45) is 0 Å². The lowest BCUT2D eigenvalue weighted by molar-refractivity contribution is -0.00534. The van der Waals surface area contributed by atoms with E-state index in [-0.39, 0.29) is 5.54 Å². The molecule has 96 valence electrons. The minimum absolute atomic E-state index is 0.312. The summed E-state index contributed by atoms with van der Waals surface area (Å²) in [6.07, 6.45) is 1.04. The van der Waals surface area contributed by atoms with Gasteiger partial charge in [-0.1, -0.05) is 31.2 Å². The Morgan fingerprint density at radius 1 is 1.06 bits per heavy atom. The first kappa shape index (κ1) is 14.2. The van der Waals surface area contributed by atoms with E-state index in [4.69, 9.17) is 0 Å². The zero-order valence-electron chi connectivity index (χ0n) is 11.7. The minimum Gasteiger partial charge on any atom is -0.389 e. The van der Waals surface area contributed by atoms with Crippen LogP contribution in [0.5, 0.6) is 0 Å². The van der Waals surface area contributed by atoms with E-state index in [0.29, 0.717) is 0 Å². The molecule has 0 amide bonds. The van der Waals surface area contributed by atoms with E-state index in [1.165, 1.54) is 11.1 Å². The van der Waals surface area contributed by atoms with Gasteiger partial charge in [0.25, 0.3) is 0 Å². The van der Waals surface area contributed by atoms with Crippen molar-refractivity contribution in [2.45, 2.75) is 58.7 Å². The van der Waals surface area contributed by atoms with Crippen molar-refractivity contribution in [3.05, 3.63) is 35.4 Å². The molecule has 0 spiro atoms. The molecule has 0 aliphatic carbocycles. The van der Waals surface area contributed by atoms with E-state index < -0.39 is 5.60 Å². The predicted octanol–water partition coefficient (Wildman–Crippen LogP) is 2.89. The summed E-state index contributed by atoms with van der Waals surface area (Å²) >= 11 is 0. The highest BCUT2D eigenvalue weighted by Crippen LogP contribution is 2.21. The average Bonchev–Trinajstić information content (AvgIpc) is 2.25. The fraction of sp³-hybridized carbons (Fsp3) is 0.600. The molecule has 0 saturated carbocycles. The Bertz CT molecular complexity index is 363. The first-order valence-corrected chi connectivity index (χ1v) is 6.32. The summed E-state index contributed by atoms with van der Waals surface area (Å²) in [5.41, 5.74) is 1.63. The Labute approximate surface area is 105 Å². The molecule has 1 rings (SSSR count). The van der Waals surface area contributed by atoms with Crippen molar-refractivity contribution in [1.29, 1.82) is 0 Å². The molecule has 17 heavy (non-hydrogen) atoms. The van der Waals surface area contributed by atoms with Gasteiger partial charge in [0.1, 0.15) is 0 Å². The summed E-state index contributed by atoms with van der Waals surface area (Å²) in [6, 6.07) is 8.44. The number of nitrogens with one attached hydrogen (secondary N) is 1. The highest BCUT2D eigenvalue weighted by molar-refractivity contribution is 5.27. The molecule has 0 heterocycles. The van der Waals surface area contributed by atoms with E-state index in [9.17, 15) is 5.11 Å². The van der Waals surface area contributed by atoms with Crippen molar-refractivity contribution in [3.8, 4) is 0 Å². The molecule has 0 radical (unpaired) electrons. The maximum Gasteiger partial charge on any atom is 0.0767 e. The molecule has 2 nitrogen and oxygen atoms in total. The molecule has 0 fully saturated rings. The second kappa shape index (κ2) is 5.19. The molecule has 1 aromatic carbocycles. The Morgan fingerprint density at radius 3 is 2.06 bits per heavy atom. The van der Waals surface area contributed by atoms with Crippen LogP contribution < -0.4 is 5.32 Å². The largest absolute Gasteiger partial charge is 0.389 e. The van der Waals surface area contributed by atoms with Gasteiger partial charge in [-0.3, -0.25) is 0 Å². The van der Waals surface area contributed by atoms with Crippen LogP contribution in [0.2, 0.25) is 0 Å². The standard InChI is InChI=1S/C15H25NO/c1-6-12-9-7-8-10-13(12)11-16-14(2,3)15(4,5)17/h7-10,16-17H,6,11H2,1-5H3. The molecule has 0 aliphatic rings. The van der Waals surface area contributed by atoms with Crippen molar-refractivity contribution < 1.29 is 5.11 Å². The summed E-state index contributed by atoms with van der Waals surface area (Å²) in [7, 11) is 0. The van der Waals surface area contributed by atoms with Gasteiger partial charge >= 0.3 is 0 Å². The molecule has 0 saturated heterocycles. The fourth-order valence-corrected chi connectivity index (χ4v) is 1.61. The number of benzene rings is 1. The molecule has 0 aliphatic heterocycles. The lowest BCUT2D eigenvalue weighted by atomic mass is 9.85. The Kier molecular flexibility index (Phi) is 4.34. The maximum absolute atomic E-state index is 10.1. The van der Waals surface area contributed by atoms with E-state index in [1.807, 2.05) is 27.7 Å². The van der Waals surface area contributed by atoms with E-state index in [1.54, 1.807) is 0 Å². The van der Waals surface area contributed by atoms with Crippen LogP contribution in [-0.4, -0.2) is 16.2 Å². The summed E-state index contributed by atoms with van der Waals surface area (Å²) in [5, 5.41) is 13.5. The van der Waals surface area contributed by atoms with Crippen LogP contribution >= 0.6 is 0 Å². The number of aliphatic hydroxyl groups is 1. The smallest absolute Gasteiger partial charge is 0.0767 e. The predicted molar refractivity (Wildman–Crippen MR) is 73.0 cm³/mol. The van der Waals surface area contributed by atoms with Gasteiger partial charge in [-0.05, 0) is 45.2 Å². The first-order chi connectivity index (χ1) is 7.78. The molecule has 0 unspecified atom stereocenters. The van der Waals surface area contributed by atoms with Gasteiger partial charge in [-0.2, -0.15) is 0 Å². The molecular formula is C15H25NO. The van der Waals surface area contributed by atoms with Crippen LogP contribution in [0.1, 0.15) is 45.7 Å². The van der Waals surface area contributed by atoms with Gasteiger partial charge in [0.05, 0.1) is 5.60 Å². The fourth-order valence-electron chi connectivity index (χ4n) is 1.61. The molecule has 0 aromatic heterocycles. The molecule has 0 bridgehead atoms. The molecule has 0 atom stereocenters. The van der Waals surface area contributed by atoms with Gasteiger partial charge in [-0.25, -0.2) is 0 Å². The van der Waals surface area contributed by atoms with Crippen LogP contribution in [0.3, 0.4) is 0 Å². The number of rotatable bonds is 5. The van der Waals surface area contributed by atoms with Crippen LogP contribution in [0.15, 0.2) is 24.3 Å². The average molecular weight is 235 g/mol. The molecule has 1 aromatic rings. The third-order valence-corrected chi connectivity index (χ3v) is 3.75. The van der Waals surface area contributed by atoms with Gasteiger partial charge in [0.2, 0.25) is 0 Å². The SMILES string of the molecule is CCc1ccccc1CNC(C)(C)C(C)(C)O. The second-order valence-corrected chi connectivity index (χ2v) is 5.66. The topological polar surface area (TPSA) is 32.3 Å². The number of aryl methyl sites for hydroxylation is 1. The minimum atomic E-state index is -0.742. The van der Waals surface area contributed by atoms with Crippen LogP contribution in [0.4, 0.5) is 0 Å². The molecule has 2 N–H and O–H groups in total. The third-order valence-electron chi connectivity index (χ3n) is 3.75. The van der Waals surface area contributed by atoms with Gasteiger partial charge in [-0.15, -0.1) is 0 Å². The van der Waals surface area contributed by atoms with Crippen LogP contribution in [-0.2, 0) is 13.0 Å². The number of hydrogen-bond acceptors (Lipinski definition) is 2. The first-order valence-electron chi connectivity index (χ1n) is 6.32. The number of hydrogen-bond donors (Lipinski definition) is 2. The second-order valence-electron chi connectivity index (χ2n) is 5.66. The van der Waals surface area contributed by atoms with Crippen LogP contribution in [0, 0.1) is 0 Å². The summed E-state index contributed by atoms with van der Waals surface area (Å²) in [5.74, 6) is 0. The summed E-state index contributed by atoms with van der Waals surface area (Å²) in [6.45, 7) is 10.7. The van der Waals surface area contributed by atoms with Crippen molar-refractivity contribution in [3.63, 3.8) is 0 Å². The molecule has 2 heteroatoms. The highest BCUT2D eigenvalue weighted by Gasteiger charge is 2.34. The van der Waals surface area contributed by atoms with Crippen molar-refractivity contribution in [2.75, 3.05) is 0 Å². The Hall–Kier alpha value is -0.860. The normalized spacial score (nSPS) is 12.8. The summed E-state index contributed by atoms with van der Waals surface area (Å²) in [4.78, 5) is 0. The van der Waals surface area contributed by atoms with Gasteiger partial charge in [0.15, 0.2) is 0 Å². The Morgan fingerprint density at radius 2 is 1.59 bits per heavy atom. The zero-order chi connectivity index (χ0) is 13.1. The van der Waals surface area contributed by atoms with Crippen LogP contribution in [0.25, 0.3) is 0 Å². The Balaban J connectivity index is 2.74. The van der Waals surface area contributed by atoms with E-state index in [0.717, 1.165) is 13.0 Å². The lowest BCUT2D eigenvalue weighted by Gasteiger charge is -2.38. The van der Waals surface area contributed by atoms with Crippen molar-refractivity contribution in [1.82, 2.24) is 5.32 Å². The highest BCUT2D eigenvalue weighted by atomic mass is 16.3. The van der Waals surface area contributed by atoms with E-state index in [2.05, 4.69) is 36.5 Å². The van der Waals surface area contributed by atoms with E-state index >= 15 is 0 Å². The quantitative estimate of drug-likeness (QED) is 0.822. The zero-order valence-corrected chi connectivity index (χ0v) is 11.7.